The van der Waals surface area contributed by atoms with Gasteiger partial charge in [0, 0.05) is 38.3 Å². The summed E-state index contributed by atoms with van der Waals surface area (Å²) in [5, 5.41) is 10.3. The number of carbonyl (C=O) groups is 1. The van der Waals surface area contributed by atoms with Gasteiger partial charge in [0.05, 0.1) is 6.10 Å². The Morgan fingerprint density at radius 2 is 1.80 bits per heavy atom. The third-order valence-corrected chi connectivity index (χ3v) is 4.71. The molecule has 1 heterocycles. The SMILES string of the molecule is Cc1ccc(F)cc1C(=O)N1CCN(CC(O)c2ccccc2)CC1. The maximum atomic E-state index is 13.4. The minimum Gasteiger partial charge on any atom is -0.387 e. The highest BCUT2D eigenvalue weighted by molar-refractivity contribution is 5.95. The average Bonchev–Trinajstić information content (AvgIpc) is 2.64. The van der Waals surface area contributed by atoms with Crippen LogP contribution in [0.4, 0.5) is 4.39 Å². The van der Waals surface area contributed by atoms with Crippen LogP contribution < -0.4 is 0 Å². The summed E-state index contributed by atoms with van der Waals surface area (Å²) in [6, 6.07) is 13.9. The molecule has 2 aromatic carbocycles. The van der Waals surface area contributed by atoms with E-state index in [0.717, 1.165) is 11.1 Å². The Bertz CT molecular complexity index is 728. The number of halogens is 1. The zero-order chi connectivity index (χ0) is 17.8. The Balaban J connectivity index is 1.56. The van der Waals surface area contributed by atoms with E-state index in [1.807, 2.05) is 37.3 Å². The van der Waals surface area contributed by atoms with Gasteiger partial charge >= 0.3 is 0 Å². The maximum absolute atomic E-state index is 13.4. The largest absolute Gasteiger partial charge is 0.387 e. The van der Waals surface area contributed by atoms with Gasteiger partial charge in [-0.3, -0.25) is 9.69 Å². The normalized spacial score (nSPS) is 16.7. The third kappa shape index (κ3) is 4.24. The highest BCUT2D eigenvalue weighted by Gasteiger charge is 2.24. The molecule has 0 saturated carbocycles. The molecule has 4 nitrogen and oxygen atoms in total. The lowest BCUT2D eigenvalue weighted by Crippen LogP contribution is -2.49. The van der Waals surface area contributed by atoms with Gasteiger partial charge in [0.25, 0.3) is 5.91 Å². The summed E-state index contributed by atoms with van der Waals surface area (Å²) in [5.74, 6) is -0.515. The van der Waals surface area contributed by atoms with Crippen LogP contribution in [0.5, 0.6) is 0 Å². The lowest BCUT2D eigenvalue weighted by atomic mass is 10.1. The van der Waals surface area contributed by atoms with E-state index in [2.05, 4.69) is 4.90 Å². The number of aryl methyl sites for hydroxylation is 1. The lowest BCUT2D eigenvalue weighted by Gasteiger charge is -2.36. The molecule has 1 amide bonds. The summed E-state index contributed by atoms with van der Waals surface area (Å²) >= 11 is 0. The van der Waals surface area contributed by atoms with Crippen LogP contribution in [0, 0.1) is 12.7 Å². The Morgan fingerprint density at radius 1 is 1.12 bits per heavy atom. The van der Waals surface area contributed by atoms with Gasteiger partial charge < -0.3 is 10.0 Å². The van der Waals surface area contributed by atoms with Crippen molar-refractivity contribution in [3.05, 3.63) is 71.0 Å². The number of hydrogen-bond donors (Lipinski definition) is 1. The number of piperazine rings is 1. The van der Waals surface area contributed by atoms with Crippen molar-refractivity contribution in [2.24, 2.45) is 0 Å². The highest BCUT2D eigenvalue weighted by Crippen LogP contribution is 2.17. The topological polar surface area (TPSA) is 43.8 Å². The number of β-amino-alcohol motifs (C(OH)–C–C–N with tert-alkyl or cyclic N) is 1. The number of amides is 1. The second kappa shape index (κ2) is 7.76. The van der Waals surface area contributed by atoms with Crippen LogP contribution in [0.2, 0.25) is 0 Å². The second-order valence-corrected chi connectivity index (χ2v) is 6.48. The van der Waals surface area contributed by atoms with Crippen LogP contribution in [0.15, 0.2) is 48.5 Å². The molecular weight excluding hydrogens is 319 g/mol. The predicted molar refractivity (Wildman–Crippen MR) is 94.9 cm³/mol. The van der Waals surface area contributed by atoms with E-state index in [1.54, 1.807) is 11.0 Å². The Kier molecular flexibility index (Phi) is 5.46. The summed E-state index contributed by atoms with van der Waals surface area (Å²) in [6.07, 6.45) is -0.533. The standard InChI is InChI=1S/C20H23FN2O2/c1-15-7-8-17(21)13-18(15)20(25)23-11-9-22(10-12-23)14-19(24)16-5-3-2-4-6-16/h2-8,13,19,24H,9-12,14H2,1H3. The number of aliphatic hydroxyl groups is 1. The first kappa shape index (κ1) is 17.6. The fourth-order valence-corrected chi connectivity index (χ4v) is 3.15. The number of hydrogen-bond acceptors (Lipinski definition) is 3. The van der Waals surface area contributed by atoms with Crippen LogP contribution in [-0.2, 0) is 0 Å². The molecule has 132 valence electrons. The zero-order valence-electron chi connectivity index (χ0n) is 14.4. The van der Waals surface area contributed by atoms with E-state index >= 15 is 0 Å². The Labute approximate surface area is 147 Å². The van der Waals surface area contributed by atoms with Gasteiger partial charge in [-0.1, -0.05) is 36.4 Å². The lowest BCUT2D eigenvalue weighted by molar-refractivity contribution is 0.0526. The van der Waals surface area contributed by atoms with Crippen molar-refractivity contribution in [1.82, 2.24) is 9.80 Å². The van der Waals surface area contributed by atoms with E-state index in [4.69, 9.17) is 0 Å². The maximum Gasteiger partial charge on any atom is 0.254 e. The van der Waals surface area contributed by atoms with Crippen molar-refractivity contribution in [2.75, 3.05) is 32.7 Å². The second-order valence-electron chi connectivity index (χ2n) is 6.48. The minimum absolute atomic E-state index is 0.125. The minimum atomic E-state index is -0.533. The summed E-state index contributed by atoms with van der Waals surface area (Å²) in [5.41, 5.74) is 2.11. The molecule has 1 saturated heterocycles. The molecule has 0 spiro atoms. The first-order chi connectivity index (χ1) is 12.0. The predicted octanol–water partition coefficient (Wildman–Crippen LogP) is 2.63. The van der Waals surface area contributed by atoms with Crippen LogP contribution in [-0.4, -0.2) is 53.5 Å². The van der Waals surface area contributed by atoms with Crippen molar-refractivity contribution in [3.8, 4) is 0 Å². The molecule has 1 fully saturated rings. The number of carbonyl (C=O) groups excluding carboxylic acids is 1. The zero-order valence-corrected chi connectivity index (χ0v) is 14.4. The van der Waals surface area contributed by atoms with Crippen molar-refractivity contribution in [1.29, 1.82) is 0 Å². The van der Waals surface area contributed by atoms with E-state index in [9.17, 15) is 14.3 Å². The van der Waals surface area contributed by atoms with E-state index in [-0.39, 0.29) is 5.91 Å². The monoisotopic (exact) mass is 342 g/mol. The van der Waals surface area contributed by atoms with Gasteiger partial charge in [0.1, 0.15) is 5.82 Å². The molecule has 3 rings (SSSR count). The van der Waals surface area contributed by atoms with Gasteiger partial charge in [0.15, 0.2) is 0 Å². The van der Waals surface area contributed by atoms with Gasteiger partial charge in [-0.2, -0.15) is 0 Å². The fraction of sp³-hybridized carbons (Fsp3) is 0.350. The molecule has 0 aromatic heterocycles. The molecule has 1 unspecified atom stereocenters. The smallest absolute Gasteiger partial charge is 0.254 e. The molecule has 0 radical (unpaired) electrons. The quantitative estimate of drug-likeness (QED) is 0.929. The summed E-state index contributed by atoms with van der Waals surface area (Å²) < 4.78 is 13.4. The first-order valence-corrected chi connectivity index (χ1v) is 8.55. The van der Waals surface area contributed by atoms with Crippen molar-refractivity contribution in [3.63, 3.8) is 0 Å². The van der Waals surface area contributed by atoms with E-state index in [0.29, 0.717) is 38.3 Å². The molecule has 0 bridgehead atoms. The van der Waals surface area contributed by atoms with Crippen LogP contribution >= 0.6 is 0 Å². The Hall–Kier alpha value is -2.24. The average molecular weight is 342 g/mol. The van der Waals surface area contributed by atoms with Crippen LogP contribution in [0.25, 0.3) is 0 Å². The molecule has 2 aromatic rings. The van der Waals surface area contributed by atoms with Crippen molar-refractivity contribution >= 4 is 5.91 Å². The van der Waals surface area contributed by atoms with Crippen molar-refractivity contribution < 1.29 is 14.3 Å². The molecule has 5 heteroatoms. The fourth-order valence-electron chi connectivity index (χ4n) is 3.15. The number of aliphatic hydroxyl groups excluding tert-OH is 1. The number of rotatable bonds is 4. The van der Waals surface area contributed by atoms with Crippen LogP contribution in [0.1, 0.15) is 27.6 Å². The number of benzene rings is 2. The first-order valence-electron chi connectivity index (χ1n) is 8.55. The molecule has 1 aliphatic rings. The molecule has 1 N–H and O–H groups in total. The van der Waals surface area contributed by atoms with Crippen molar-refractivity contribution in [2.45, 2.75) is 13.0 Å². The van der Waals surface area contributed by atoms with Gasteiger partial charge in [-0.15, -0.1) is 0 Å². The Morgan fingerprint density at radius 3 is 2.48 bits per heavy atom. The van der Waals surface area contributed by atoms with Crippen LogP contribution in [0.3, 0.4) is 0 Å². The summed E-state index contributed by atoms with van der Waals surface area (Å²) in [6.45, 7) is 4.92. The molecule has 1 atom stereocenters. The van der Waals surface area contributed by atoms with Gasteiger partial charge in [-0.25, -0.2) is 4.39 Å². The number of nitrogens with zero attached hydrogens (tertiary/aromatic N) is 2. The van der Waals surface area contributed by atoms with E-state index < -0.39 is 11.9 Å². The molecular formula is C20H23FN2O2. The van der Waals surface area contributed by atoms with E-state index in [1.165, 1.54) is 12.1 Å². The van der Waals surface area contributed by atoms with Gasteiger partial charge in [-0.05, 0) is 30.2 Å². The third-order valence-electron chi connectivity index (χ3n) is 4.71. The highest BCUT2D eigenvalue weighted by atomic mass is 19.1. The van der Waals surface area contributed by atoms with Gasteiger partial charge in [0.2, 0.25) is 0 Å². The molecule has 0 aliphatic carbocycles. The summed E-state index contributed by atoms with van der Waals surface area (Å²) in [7, 11) is 0. The summed E-state index contributed by atoms with van der Waals surface area (Å²) in [4.78, 5) is 16.5. The molecule has 25 heavy (non-hydrogen) atoms. The molecule has 1 aliphatic heterocycles.